The van der Waals surface area contributed by atoms with E-state index in [2.05, 4.69) is 51.8 Å². The second-order valence-electron chi connectivity index (χ2n) is 7.06. The zero-order valence-electron chi connectivity index (χ0n) is 16.3. The van der Waals surface area contributed by atoms with Crippen LogP contribution in [0.15, 0.2) is 30.3 Å². The van der Waals surface area contributed by atoms with E-state index >= 15 is 0 Å². The highest BCUT2D eigenvalue weighted by Gasteiger charge is 2.56. The number of morpholine rings is 1. The molecule has 140 valence electrons. The molecule has 0 saturated carbocycles. The lowest BCUT2D eigenvalue weighted by Gasteiger charge is -2.58. The standard InChI is InChI=1S/C21H33NO3/c1-6-20(7-2)16-24-19(15-23)21(8-3,9-4)22(20)25-17(5)18-13-11-10-12-14-18/h10-15,17,19H,6-9,16H2,1-5H3. The Bertz CT molecular complexity index is 537. The highest BCUT2D eigenvalue weighted by molar-refractivity contribution is 5.59. The van der Waals surface area contributed by atoms with Crippen molar-refractivity contribution < 1.29 is 14.4 Å². The molecule has 2 atom stereocenters. The molecule has 0 spiro atoms. The molecule has 0 aliphatic carbocycles. The fourth-order valence-electron chi connectivity index (χ4n) is 4.05. The summed E-state index contributed by atoms with van der Waals surface area (Å²) >= 11 is 0. The Morgan fingerprint density at radius 2 is 1.76 bits per heavy atom. The Morgan fingerprint density at radius 1 is 1.16 bits per heavy atom. The van der Waals surface area contributed by atoms with Gasteiger partial charge in [0.25, 0.3) is 0 Å². The van der Waals surface area contributed by atoms with Crippen LogP contribution in [0.2, 0.25) is 0 Å². The van der Waals surface area contributed by atoms with Gasteiger partial charge in [0.2, 0.25) is 0 Å². The van der Waals surface area contributed by atoms with E-state index in [0.717, 1.165) is 37.5 Å². The van der Waals surface area contributed by atoms with Crippen LogP contribution in [0, 0.1) is 0 Å². The minimum absolute atomic E-state index is 0.0819. The lowest BCUT2D eigenvalue weighted by atomic mass is 9.78. The van der Waals surface area contributed by atoms with Crippen molar-refractivity contribution >= 4 is 6.29 Å². The average Bonchev–Trinajstić information content (AvgIpc) is 2.68. The summed E-state index contributed by atoms with van der Waals surface area (Å²) in [5.41, 5.74) is 0.489. The van der Waals surface area contributed by atoms with Gasteiger partial charge in [-0.15, -0.1) is 0 Å². The van der Waals surface area contributed by atoms with Crippen LogP contribution in [0.25, 0.3) is 0 Å². The summed E-state index contributed by atoms with van der Waals surface area (Å²) in [4.78, 5) is 18.4. The van der Waals surface area contributed by atoms with E-state index in [-0.39, 0.29) is 11.6 Å². The number of nitrogens with zero attached hydrogens (tertiary/aromatic N) is 1. The van der Waals surface area contributed by atoms with E-state index in [1.165, 1.54) is 0 Å². The van der Waals surface area contributed by atoms with Crippen molar-refractivity contribution in [3.8, 4) is 0 Å². The van der Waals surface area contributed by atoms with Crippen LogP contribution >= 0.6 is 0 Å². The summed E-state index contributed by atoms with van der Waals surface area (Å²) in [5.74, 6) is 0. The molecule has 0 aromatic heterocycles. The SMILES string of the molecule is CCC1(CC)COC(C=O)C(CC)(CC)N1OC(C)c1ccccc1. The van der Waals surface area contributed by atoms with Gasteiger partial charge in [-0.2, -0.15) is 5.06 Å². The molecular formula is C21H33NO3. The Morgan fingerprint density at radius 3 is 2.24 bits per heavy atom. The van der Waals surface area contributed by atoms with Gasteiger partial charge in [-0.05, 0) is 38.2 Å². The molecule has 1 aromatic rings. The topological polar surface area (TPSA) is 38.8 Å². The van der Waals surface area contributed by atoms with Gasteiger partial charge in [0, 0.05) is 0 Å². The molecule has 1 aromatic carbocycles. The molecule has 1 aliphatic heterocycles. The van der Waals surface area contributed by atoms with E-state index in [9.17, 15) is 4.79 Å². The number of ether oxygens (including phenoxy) is 1. The van der Waals surface area contributed by atoms with Gasteiger partial charge in [0.1, 0.15) is 12.2 Å². The zero-order chi connectivity index (χ0) is 18.5. The minimum Gasteiger partial charge on any atom is -0.367 e. The molecule has 4 heteroatoms. The molecule has 0 N–H and O–H groups in total. The van der Waals surface area contributed by atoms with Crippen LogP contribution < -0.4 is 0 Å². The van der Waals surface area contributed by atoms with E-state index in [1.807, 2.05) is 18.2 Å². The second-order valence-corrected chi connectivity index (χ2v) is 7.06. The van der Waals surface area contributed by atoms with Crippen molar-refractivity contribution in [1.82, 2.24) is 5.06 Å². The number of aldehydes is 1. The number of hydroxylamine groups is 2. The highest BCUT2D eigenvalue weighted by atomic mass is 16.7. The monoisotopic (exact) mass is 347 g/mol. The molecule has 0 amide bonds. The molecule has 1 fully saturated rings. The van der Waals surface area contributed by atoms with Gasteiger partial charge in [0.15, 0.2) is 6.29 Å². The van der Waals surface area contributed by atoms with Crippen LogP contribution in [0.3, 0.4) is 0 Å². The van der Waals surface area contributed by atoms with Crippen molar-refractivity contribution in [3.05, 3.63) is 35.9 Å². The van der Waals surface area contributed by atoms with Crippen molar-refractivity contribution in [3.63, 3.8) is 0 Å². The highest BCUT2D eigenvalue weighted by Crippen LogP contribution is 2.44. The van der Waals surface area contributed by atoms with Gasteiger partial charge in [0.05, 0.1) is 17.7 Å². The molecule has 2 unspecified atom stereocenters. The van der Waals surface area contributed by atoms with Gasteiger partial charge >= 0.3 is 0 Å². The first kappa shape index (κ1) is 20.1. The molecule has 1 heterocycles. The summed E-state index contributed by atoms with van der Waals surface area (Å²) < 4.78 is 6.05. The molecular weight excluding hydrogens is 314 g/mol. The summed E-state index contributed by atoms with van der Waals surface area (Å²) in [6, 6.07) is 10.2. The van der Waals surface area contributed by atoms with Crippen molar-refractivity contribution in [1.29, 1.82) is 0 Å². The smallest absolute Gasteiger partial charge is 0.150 e. The number of hydrogen-bond donors (Lipinski definition) is 0. The van der Waals surface area contributed by atoms with Crippen molar-refractivity contribution in [2.24, 2.45) is 0 Å². The number of carbonyl (C=O) groups is 1. The molecule has 1 aliphatic rings. The van der Waals surface area contributed by atoms with Gasteiger partial charge in [-0.25, -0.2) is 0 Å². The van der Waals surface area contributed by atoms with Crippen LogP contribution in [-0.2, 0) is 14.4 Å². The fraction of sp³-hybridized carbons (Fsp3) is 0.667. The first-order valence-corrected chi connectivity index (χ1v) is 9.62. The van der Waals surface area contributed by atoms with Crippen molar-refractivity contribution in [2.75, 3.05) is 6.61 Å². The maximum absolute atomic E-state index is 11.8. The number of benzene rings is 1. The van der Waals surface area contributed by atoms with E-state index in [1.54, 1.807) is 0 Å². The lowest BCUT2D eigenvalue weighted by Crippen LogP contribution is -2.71. The van der Waals surface area contributed by atoms with Gasteiger partial charge in [-0.1, -0.05) is 58.0 Å². The quantitative estimate of drug-likeness (QED) is 0.639. The number of hydrogen-bond acceptors (Lipinski definition) is 4. The normalized spacial score (nSPS) is 24.0. The van der Waals surface area contributed by atoms with E-state index in [4.69, 9.17) is 9.57 Å². The third-order valence-electron chi connectivity index (χ3n) is 6.09. The molecule has 2 rings (SSSR count). The molecule has 25 heavy (non-hydrogen) atoms. The predicted molar refractivity (Wildman–Crippen MR) is 100 cm³/mol. The minimum atomic E-state index is -0.461. The Hall–Kier alpha value is -1.23. The number of rotatable bonds is 8. The number of carbonyl (C=O) groups excluding carboxylic acids is 1. The van der Waals surface area contributed by atoms with Crippen LogP contribution in [0.4, 0.5) is 0 Å². The molecule has 1 saturated heterocycles. The summed E-state index contributed by atoms with van der Waals surface area (Å²) in [6.45, 7) is 11.2. The lowest BCUT2D eigenvalue weighted by molar-refractivity contribution is -0.356. The van der Waals surface area contributed by atoms with E-state index < -0.39 is 11.6 Å². The third kappa shape index (κ3) is 3.53. The largest absolute Gasteiger partial charge is 0.367 e. The van der Waals surface area contributed by atoms with Gasteiger partial charge < -0.3 is 9.53 Å². The first-order chi connectivity index (χ1) is 12.0. The third-order valence-corrected chi connectivity index (χ3v) is 6.09. The predicted octanol–water partition coefficient (Wildman–Crippen LogP) is 4.70. The van der Waals surface area contributed by atoms with Gasteiger partial charge in [-0.3, -0.25) is 4.84 Å². The second kappa shape index (κ2) is 8.43. The average molecular weight is 347 g/mol. The first-order valence-electron chi connectivity index (χ1n) is 9.62. The fourth-order valence-corrected chi connectivity index (χ4v) is 4.05. The van der Waals surface area contributed by atoms with Crippen LogP contribution in [-0.4, -0.2) is 35.1 Å². The molecule has 0 bridgehead atoms. The maximum Gasteiger partial charge on any atom is 0.150 e. The molecule has 4 nitrogen and oxygen atoms in total. The van der Waals surface area contributed by atoms with Crippen molar-refractivity contribution in [2.45, 2.75) is 83.6 Å². The summed E-state index contributed by atoms with van der Waals surface area (Å²) in [6.07, 6.45) is 3.84. The Kier molecular flexibility index (Phi) is 6.78. The van der Waals surface area contributed by atoms with E-state index in [0.29, 0.717) is 6.61 Å². The summed E-state index contributed by atoms with van der Waals surface area (Å²) in [7, 11) is 0. The Labute approximate surface area is 152 Å². The maximum atomic E-state index is 11.8. The van der Waals surface area contributed by atoms with Crippen LogP contribution in [0.1, 0.15) is 72.0 Å². The molecule has 0 radical (unpaired) electrons. The Balaban J connectivity index is 2.44. The zero-order valence-corrected chi connectivity index (χ0v) is 16.3. The van der Waals surface area contributed by atoms with Crippen LogP contribution in [0.5, 0.6) is 0 Å². The summed E-state index contributed by atoms with van der Waals surface area (Å²) in [5, 5.41) is 2.15.